The second kappa shape index (κ2) is 6.43. The lowest BCUT2D eigenvalue weighted by molar-refractivity contribution is -0.120. The summed E-state index contributed by atoms with van der Waals surface area (Å²) in [5.74, 6) is 0.795. The Kier molecular flexibility index (Phi) is 4.62. The van der Waals surface area contributed by atoms with E-state index in [9.17, 15) is 4.79 Å². The fourth-order valence-electron chi connectivity index (χ4n) is 2.25. The summed E-state index contributed by atoms with van der Waals surface area (Å²) in [5, 5.41) is 7.29. The number of carbonyl (C=O) groups excluding carboxylic acids is 1. The van der Waals surface area contributed by atoms with E-state index in [1.54, 1.807) is 7.11 Å². The van der Waals surface area contributed by atoms with Gasteiger partial charge in [0.05, 0.1) is 19.2 Å². The van der Waals surface area contributed by atoms with Gasteiger partial charge >= 0.3 is 0 Å². The van der Waals surface area contributed by atoms with E-state index in [0.717, 1.165) is 28.3 Å². The van der Waals surface area contributed by atoms with Crippen LogP contribution in [0.2, 0.25) is 0 Å². The number of nitrogens with zero attached hydrogens (tertiary/aromatic N) is 2. The second-order valence-corrected chi connectivity index (χ2v) is 5.07. The standard InChI is InChI=1S/C16H21N3O2/c1-11-15(12(2)19(3)18-11)10-17-16(20)9-13-5-7-14(21-4)8-6-13/h5-8H,9-10H2,1-4H3,(H,17,20). The van der Waals surface area contributed by atoms with Crippen molar-refractivity contribution in [2.24, 2.45) is 7.05 Å². The zero-order chi connectivity index (χ0) is 15.4. The van der Waals surface area contributed by atoms with Crippen LogP contribution in [0, 0.1) is 13.8 Å². The lowest BCUT2D eigenvalue weighted by Gasteiger charge is -2.07. The molecular formula is C16H21N3O2. The van der Waals surface area contributed by atoms with Crippen molar-refractivity contribution >= 4 is 5.91 Å². The summed E-state index contributed by atoms with van der Waals surface area (Å²) in [6.07, 6.45) is 0.363. The van der Waals surface area contributed by atoms with Crippen LogP contribution in [0.4, 0.5) is 0 Å². The lowest BCUT2D eigenvalue weighted by Crippen LogP contribution is -2.25. The van der Waals surface area contributed by atoms with Crippen molar-refractivity contribution in [2.45, 2.75) is 26.8 Å². The highest BCUT2D eigenvalue weighted by Crippen LogP contribution is 2.13. The van der Waals surface area contributed by atoms with Crippen LogP contribution in [0.5, 0.6) is 5.75 Å². The van der Waals surface area contributed by atoms with E-state index in [4.69, 9.17) is 4.74 Å². The zero-order valence-corrected chi connectivity index (χ0v) is 12.9. The molecule has 0 spiro atoms. The van der Waals surface area contributed by atoms with Gasteiger partial charge in [0.2, 0.25) is 5.91 Å². The third-order valence-corrected chi connectivity index (χ3v) is 3.64. The third kappa shape index (κ3) is 3.62. The van der Waals surface area contributed by atoms with Gasteiger partial charge in [0, 0.05) is 24.8 Å². The molecule has 0 radical (unpaired) electrons. The smallest absolute Gasteiger partial charge is 0.224 e. The van der Waals surface area contributed by atoms with Gasteiger partial charge in [-0.15, -0.1) is 0 Å². The van der Waals surface area contributed by atoms with Gasteiger partial charge < -0.3 is 10.1 Å². The zero-order valence-electron chi connectivity index (χ0n) is 12.9. The van der Waals surface area contributed by atoms with E-state index in [2.05, 4.69) is 10.4 Å². The van der Waals surface area contributed by atoms with E-state index < -0.39 is 0 Å². The maximum absolute atomic E-state index is 12.0. The van der Waals surface area contributed by atoms with Gasteiger partial charge in [-0.25, -0.2) is 0 Å². The average Bonchev–Trinajstić information content (AvgIpc) is 2.71. The molecule has 0 aliphatic rings. The Morgan fingerprint density at radius 3 is 2.48 bits per heavy atom. The van der Waals surface area contributed by atoms with E-state index in [1.807, 2.05) is 49.8 Å². The van der Waals surface area contributed by atoms with E-state index in [1.165, 1.54) is 0 Å². The first kappa shape index (κ1) is 15.1. The molecule has 0 aliphatic heterocycles. The van der Waals surface area contributed by atoms with Gasteiger partial charge in [-0.3, -0.25) is 9.48 Å². The fraction of sp³-hybridized carbons (Fsp3) is 0.375. The molecule has 0 fully saturated rings. The van der Waals surface area contributed by atoms with E-state index in [-0.39, 0.29) is 5.91 Å². The minimum absolute atomic E-state index is 0.00261. The number of nitrogens with one attached hydrogen (secondary N) is 1. The molecule has 0 unspecified atom stereocenters. The molecule has 1 aromatic heterocycles. The molecule has 1 heterocycles. The first-order valence-electron chi connectivity index (χ1n) is 6.90. The molecule has 5 heteroatoms. The van der Waals surface area contributed by atoms with Gasteiger partial charge in [0.15, 0.2) is 0 Å². The molecule has 21 heavy (non-hydrogen) atoms. The van der Waals surface area contributed by atoms with Gasteiger partial charge in [0.1, 0.15) is 5.75 Å². The van der Waals surface area contributed by atoms with Gasteiger partial charge in [-0.2, -0.15) is 5.10 Å². The molecule has 5 nitrogen and oxygen atoms in total. The summed E-state index contributed by atoms with van der Waals surface area (Å²) in [6.45, 7) is 4.48. The summed E-state index contributed by atoms with van der Waals surface area (Å²) in [7, 11) is 3.53. The largest absolute Gasteiger partial charge is 0.497 e. The van der Waals surface area contributed by atoms with E-state index >= 15 is 0 Å². The number of hydrogen-bond donors (Lipinski definition) is 1. The molecule has 0 aliphatic carbocycles. The number of rotatable bonds is 5. The molecule has 1 N–H and O–H groups in total. The topological polar surface area (TPSA) is 56.1 Å². The lowest BCUT2D eigenvalue weighted by atomic mass is 10.1. The van der Waals surface area contributed by atoms with E-state index in [0.29, 0.717) is 13.0 Å². The Balaban J connectivity index is 1.92. The second-order valence-electron chi connectivity index (χ2n) is 5.07. The summed E-state index contributed by atoms with van der Waals surface area (Å²) < 4.78 is 6.93. The predicted molar refractivity (Wildman–Crippen MR) is 81.2 cm³/mol. The Bertz CT molecular complexity index is 630. The molecule has 1 amide bonds. The van der Waals surface area contributed by atoms with Crippen molar-refractivity contribution in [1.82, 2.24) is 15.1 Å². The van der Waals surface area contributed by atoms with Crippen LogP contribution in [0.25, 0.3) is 0 Å². The molecule has 0 saturated carbocycles. The predicted octanol–water partition coefficient (Wildman–Crippen LogP) is 1.90. The van der Waals surface area contributed by atoms with Crippen LogP contribution in [-0.2, 0) is 24.8 Å². The molecule has 0 bridgehead atoms. The van der Waals surface area contributed by atoms with Crippen molar-refractivity contribution in [3.63, 3.8) is 0 Å². The summed E-state index contributed by atoms with van der Waals surface area (Å²) >= 11 is 0. The number of aromatic nitrogens is 2. The van der Waals surface area contributed by atoms with Crippen LogP contribution < -0.4 is 10.1 Å². The van der Waals surface area contributed by atoms with Gasteiger partial charge in [-0.1, -0.05) is 12.1 Å². The monoisotopic (exact) mass is 287 g/mol. The molecule has 1 aromatic carbocycles. The molecule has 2 aromatic rings. The summed E-state index contributed by atoms with van der Waals surface area (Å²) in [4.78, 5) is 12.0. The number of methoxy groups -OCH3 is 1. The number of ether oxygens (including phenoxy) is 1. The first-order chi connectivity index (χ1) is 10.0. The van der Waals surface area contributed by atoms with Crippen molar-refractivity contribution in [3.8, 4) is 5.75 Å². The molecule has 0 saturated heterocycles. The van der Waals surface area contributed by atoms with Crippen LogP contribution in [0.15, 0.2) is 24.3 Å². The Morgan fingerprint density at radius 1 is 1.29 bits per heavy atom. The highest BCUT2D eigenvalue weighted by Gasteiger charge is 2.10. The van der Waals surface area contributed by atoms with Crippen LogP contribution in [0.1, 0.15) is 22.5 Å². The minimum Gasteiger partial charge on any atom is -0.497 e. The number of aryl methyl sites for hydroxylation is 2. The van der Waals surface area contributed by atoms with Gasteiger partial charge in [0.25, 0.3) is 0 Å². The number of amides is 1. The average molecular weight is 287 g/mol. The van der Waals surface area contributed by atoms with Crippen LogP contribution in [0.3, 0.4) is 0 Å². The Morgan fingerprint density at radius 2 is 1.95 bits per heavy atom. The Hall–Kier alpha value is -2.30. The van der Waals surface area contributed by atoms with Crippen LogP contribution in [-0.4, -0.2) is 22.8 Å². The van der Waals surface area contributed by atoms with Crippen molar-refractivity contribution in [1.29, 1.82) is 0 Å². The van der Waals surface area contributed by atoms with Crippen molar-refractivity contribution in [3.05, 3.63) is 46.8 Å². The molecule has 2 rings (SSSR count). The maximum atomic E-state index is 12.0. The summed E-state index contributed by atoms with van der Waals surface area (Å²) in [5.41, 5.74) is 4.09. The van der Waals surface area contributed by atoms with Gasteiger partial charge in [-0.05, 0) is 31.5 Å². The quantitative estimate of drug-likeness (QED) is 0.914. The molecular weight excluding hydrogens is 266 g/mol. The highest BCUT2D eigenvalue weighted by molar-refractivity contribution is 5.78. The molecule has 112 valence electrons. The SMILES string of the molecule is COc1ccc(CC(=O)NCc2c(C)nn(C)c2C)cc1. The minimum atomic E-state index is 0.00261. The first-order valence-corrected chi connectivity index (χ1v) is 6.90. The van der Waals surface area contributed by atoms with Crippen molar-refractivity contribution in [2.75, 3.05) is 7.11 Å². The van der Waals surface area contributed by atoms with Crippen molar-refractivity contribution < 1.29 is 9.53 Å². The number of carbonyl (C=O) groups is 1. The molecule has 0 atom stereocenters. The number of benzene rings is 1. The highest BCUT2D eigenvalue weighted by atomic mass is 16.5. The summed E-state index contributed by atoms with van der Waals surface area (Å²) in [6, 6.07) is 7.52. The third-order valence-electron chi connectivity index (χ3n) is 3.64. The Labute approximate surface area is 124 Å². The number of hydrogen-bond acceptors (Lipinski definition) is 3. The normalized spacial score (nSPS) is 10.5. The van der Waals surface area contributed by atoms with Crippen LogP contribution >= 0.6 is 0 Å². The fourth-order valence-corrected chi connectivity index (χ4v) is 2.25. The maximum Gasteiger partial charge on any atom is 0.224 e.